The molecule has 0 saturated heterocycles. The average Bonchev–Trinajstić information content (AvgIpc) is 2.37. The lowest BCUT2D eigenvalue weighted by Crippen LogP contribution is -2.18. The normalized spacial score (nSPS) is 12.4. The number of hydrogen-bond donors (Lipinski definition) is 1. The predicted molar refractivity (Wildman–Crippen MR) is 86.1 cm³/mol. The van der Waals surface area contributed by atoms with Crippen LogP contribution in [0.25, 0.3) is 0 Å². The van der Waals surface area contributed by atoms with Crippen molar-refractivity contribution in [2.75, 3.05) is 7.05 Å². The van der Waals surface area contributed by atoms with Gasteiger partial charge in [-0.15, -0.1) is 0 Å². The summed E-state index contributed by atoms with van der Waals surface area (Å²) < 4.78 is 1.26. The van der Waals surface area contributed by atoms with E-state index in [0.717, 1.165) is 11.4 Å². The monoisotopic (exact) mass is 371 g/mol. The van der Waals surface area contributed by atoms with Gasteiger partial charge in [-0.05, 0) is 71.5 Å². The van der Waals surface area contributed by atoms with E-state index in [1.807, 2.05) is 25.2 Å². The molecular formula is C15H15ClIN. The molecule has 0 saturated carbocycles. The van der Waals surface area contributed by atoms with E-state index in [4.69, 9.17) is 11.6 Å². The molecule has 0 aliphatic heterocycles. The van der Waals surface area contributed by atoms with Gasteiger partial charge < -0.3 is 5.32 Å². The van der Waals surface area contributed by atoms with Gasteiger partial charge in [0.05, 0.1) is 0 Å². The summed E-state index contributed by atoms with van der Waals surface area (Å²) in [6.07, 6.45) is 0.942. The lowest BCUT2D eigenvalue weighted by atomic mass is 9.99. The van der Waals surface area contributed by atoms with E-state index in [1.54, 1.807) is 0 Å². The highest BCUT2D eigenvalue weighted by Crippen LogP contribution is 2.21. The zero-order valence-electron chi connectivity index (χ0n) is 10.2. The minimum Gasteiger partial charge on any atom is -0.313 e. The van der Waals surface area contributed by atoms with Crippen molar-refractivity contribution in [3.8, 4) is 0 Å². The van der Waals surface area contributed by atoms with E-state index >= 15 is 0 Å². The molecule has 0 fully saturated rings. The maximum Gasteiger partial charge on any atom is 0.0408 e. The summed E-state index contributed by atoms with van der Waals surface area (Å²) in [5.74, 6) is 0. The number of nitrogens with one attached hydrogen (secondary N) is 1. The van der Waals surface area contributed by atoms with Crippen LogP contribution in [0.3, 0.4) is 0 Å². The zero-order valence-corrected chi connectivity index (χ0v) is 13.1. The van der Waals surface area contributed by atoms with Crippen molar-refractivity contribution in [1.82, 2.24) is 5.32 Å². The van der Waals surface area contributed by atoms with Gasteiger partial charge in [0.25, 0.3) is 0 Å². The predicted octanol–water partition coefficient (Wildman–Crippen LogP) is 4.45. The number of hydrogen-bond acceptors (Lipinski definition) is 1. The fourth-order valence-corrected chi connectivity index (χ4v) is 2.55. The van der Waals surface area contributed by atoms with E-state index in [-0.39, 0.29) is 0 Å². The van der Waals surface area contributed by atoms with Gasteiger partial charge in [-0.2, -0.15) is 0 Å². The van der Waals surface area contributed by atoms with Gasteiger partial charge in [-0.1, -0.05) is 35.9 Å². The van der Waals surface area contributed by atoms with Gasteiger partial charge in [-0.25, -0.2) is 0 Å². The molecule has 2 rings (SSSR count). The molecular weight excluding hydrogens is 357 g/mol. The molecule has 0 bridgehead atoms. The number of likely N-dealkylation sites (N-methyl/N-ethyl adjacent to an activating group) is 1. The number of halogens is 2. The second kappa shape index (κ2) is 6.55. The first-order valence-corrected chi connectivity index (χ1v) is 7.32. The van der Waals surface area contributed by atoms with Crippen LogP contribution in [-0.2, 0) is 6.42 Å². The van der Waals surface area contributed by atoms with Crippen molar-refractivity contribution in [3.63, 3.8) is 0 Å². The van der Waals surface area contributed by atoms with Crippen LogP contribution in [0.2, 0.25) is 5.02 Å². The Balaban J connectivity index is 2.17. The summed E-state index contributed by atoms with van der Waals surface area (Å²) in [6.45, 7) is 0. The van der Waals surface area contributed by atoms with Gasteiger partial charge in [0.15, 0.2) is 0 Å². The third-order valence-corrected chi connectivity index (χ3v) is 3.90. The van der Waals surface area contributed by atoms with E-state index in [0.29, 0.717) is 6.04 Å². The lowest BCUT2D eigenvalue weighted by Gasteiger charge is -2.17. The minimum absolute atomic E-state index is 0.320. The van der Waals surface area contributed by atoms with Crippen LogP contribution in [0.1, 0.15) is 17.2 Å². The Hall–Kier alpha value is -0.580. The second-order valence-corrected chi connectivity index (χ2v) is 5.91. The molecule has 3 heteroatoms. The maximum atomic E-state index is 6.02. The summed E-state index contributed by atoms with van der Waals surface area (Å²) in [4.78, 5) is 0. The number of rotatable bonds is 4. The van der Waals surface area contributed by atoms with Crippen LogP contribution < -0.4 is 5.32 Å². The molecule has 18 heavy (non-hydrogen) atoms. The molecule has 0 radical (unpaired) electrons. The fraction of sp³-hybridized carbons (Fsp3) is 0.200. The van der Waals surface area contributed by atoms with Crippen LogP contribution in [0.5, 0.6) is 0 Å². The summed E-state index contributed by atoms with van der Waals surface area (Å²) in [6, 6.07) is 17.0. The van der Waals surface area contributed by atoms with E-state index in [2.05, 4.69) is 58.2 Å². The van der Waals surface area contributed by atoms with Gasteiger partial charge in [0, 0.05) is 14.6 Å². The highest BCUT2D eigenvalue weighted by atomic mass is 127. The highest BCUT2D eigenvalue weighted by Gasteiger charge is 2.10. The molecule has 1 N–H and O–H groups in total. The molecule has 94 valence electrons. The fourth-order valence-electron chi connectivity index (χ4n) is 1.98. The first-order valence-electron chi connectivity index (χ1n) is 5.86. The van der Waals surface area contributed by atoms with Crippen LogP contribution in [0, 0.1) is 3.57 Å². The molecule has 0 spiro atoms. The van der Waals surface area contributed by atoms with E-state index < -0.39 is 0 Å². The molecule has 1 atom stereocenters. The standard InChI is InChI=1S/C15H15ClIN/c1-18-15(12-5-7-14(17)8-6-12)10-11-3-2-4-13(16)9-11/h2-9,15,18H,10H2,1H3. The average molecular weight is 372 g/mol. The molecule has 0 aromatic heterocycles. The van der Waals surface area contributed by atoms with Gasteiger partial charge in [0.2, 0.25) is 0 Å². The van der Waals surface area contributed by atoms with Crippen molar-refractivity contribution in [2.24, 2.45) is 0 Å². The summed E-state index contributed by atoms with van der Waals surface area (Å²) in [5, 5.41) is 4.16. The van der Waals surface area contributed by atoms with Gasteiger partial charge in [-0.3, -0.25) is 0 Å². The third kappa shape index (κ3) is 3.70. The Bertz CT molecular complexity index is 510. The Kier molecular flexibility index (Phi) is 5.03. The summed E-state index contributed by atoms with van der Waals surface area (Å²) >= 11 is 8.34. The minimum atomic E-state index is 0.320. The molecule has 2 aromatic carbocycles. The maximum absolute atomic E-state index is 6.02. The van der Waals surface area contributed by atoms with Crippen molar-refractivity contribution < 1.29 is 0 Å². The van der Waals surface area contributed by atoms with Crippen LogP contribution in [0.15, 0.2) is 48.5 Å². The molecule has 1 nitrogen and oxygen atoms in total. The Morgan fingerprint density at radius 3 is 2.50 bits per heavy atom. The molecule has 0 amide bonds. The third-order valence-electron chi connectivity index (χ3n) is 2.95. The quantitative estimate of drug-likeness (QED) is 0.783. The van der Waals surface area contributed by atoms with Gasteiger partial charge >= 0.3 is 0 Å². The van der Waals surface area contributed by atoms with Crippen molar-refractivity contribution in [3.05, 3.63) is 68.3 Å². The van der Waals surface area contributed by atoms with Crippen molar-refractivity contribution in [2.45, 2.75) is 12.5 Å². The van der Waals surface area contributed by atoms with Crippen LogP contribution >= 0.6 is 34.2 Å². The summed E-state index contributed by atoms with van der Waals surface area (Å²) in [7, 11) is 1.99. The van der Waals surface area contributed by atoms with E-state index in [1.165, 1.54) is 14.7 Å². The Labute approximate surface area is 127 Å². The second-order valence-electron chi connectivity index (χ2n) is 4.23. The van der Waals surface area contributed by atoms with Crippen LogP contribution in [0.4, 0.5) is 0 Å². The zero-order chi connectivity index (χ0) is 13.0. The molecule has 2 aromatic rings. The highest BCUT2D eigenvalue weighted by molar-refractivity contribution is 14.1. The van der Waals surface area contributed by atoms with Crippen molar-refractivity contribution >= 4 is 34.2 Å². The van der Waals surface area contributed by atoms with E-state index in [9.17, 15) is 0 Å². The topological polar surface area (TPSA) is 12.0 Å². The van der Waals surface area contributed by atoms with Gasteiger partial charge in [0.1, 0.15) is 0 Å². The van der Waals surface area contributed by atoms with Crippen molar-refractivity contribution in [1.29, 1.82) is 0 Å². The number of benzene rings is 2. The SMILES string of the molecule is CNC(Cc1cccc(Cl)c1)c1ccc(I)cc1. The largest absolute Gasteiger partial charge is 0.313 e. The summed E-state index contributed by atoms with van der Waals surface area (Å²) in [5.41, 5.74) is 2.55. The first kappa shape index (κ1) is 13.8. The molecule has 0 aliphatic carbocycles. The molecule has 1 unspecified atom stereocenters. The Morgan fingerprint density at radius 2 is 1.89 bits per heavy atom. The molecule has 0 aliphatic rings. The van der Waals surface area contributed by atoms with Crippen LogP contribution in [-0.4, -0.2) is 7.05 Å². The molecule has 0 heterocycles. The lowest BCUT2D eigenvalue weighted by molar-refractivity contribution is 0.592. The Morgan fingerprint density at radius 1 is 1.17 bits per heavy atom. The smallest absolute Gasteiger partial charge is 0.0408 e. The first-order chi connectivity index (χ1) is 8.69.